The predicted octanol–water partition coefficient (Wildman–Crippen LogP) is 1.90. The highest BCUT2D eigenvalue weighted by molar-refractivity contribution is 7.12. The molecule has 1 aromatic heterocycles. The van der Waals surface area contributed by atoms with Crippen molar-refractivity contribution >= 4 is 16.4 Å². The number of nitrogens with zero attached hydrogens (tertiary/aromatic N) is 3. The van der Waals surface area contributed by atoms with E-state index < -0.39 is 0 Å². The minimum Gasteiger partial charge on any atom is -0.209 e. The van der Waals surface area contributed by atoms with Gasteiger partial charge in [-0.3, -0.25) is 0 Å². The van der Waals surface area contributed by atoms with E-state index in [0.29, 0.717) is 0 Å². The second-order valence-electron chi connectivity index (χ2n) is 2.62. The van der Waals surface area contributed by atoms with Crippen molar-refractivity contribution in [3.05, 3.63) is 30.5 Å². The van der Waals surface area contributed by atoms with Crippen LogP contribution in [0.15, 0.2) is 30.5 Å². The zero-order chi connectivity index (χ0) is 7.97. The van der Waals surface area contributed by atoms with Crippen LogP contribution in [0.1, 0.15) is 0 Å². The van der Waals surface area contributed by atoms with Gasteiger partial charge >= 0.3 is 0 Å². The molecule has 2 aliphatic rings. The molecular formula is C8H5N3S. The van der Waals surface area contributed by atoms with Gasteiger partial charge in [-0.25, -0.2) is 4.52 Å². The number of rotatable bonds is 0. The van der Waals surface area contributed by atoms with Gasteiger partial charge in [-0.05, 0) is 16.8 Å². The molecule has 3 nitrogen and oxygen atoms in total. The van der Waals surface area contributed by atoms with Crippen LogP contribution in [0.4, 0.5) is 0 Å². The quantitative estimate of drug-likeness (QED) is 0.522. The highest BCUT2D eigenvalue weighted by Crippen LogP contribution is 2.28. The molecule has 1 aromatic rings. The molecule has 0 atom stereocenters. The van der Waals surface area contributed by atoms with Gasteiger partial charge in [0.1, 0.15) is 4.83 Å². The molecule has 0 unspecified atom stereocenters. The van der Waals surface area contributed by atoms with Gasteiger partial charge in [0.15, 0.2) is 0 Å². The monoisotopic (exact) mass is 175 g/mol. The minimum absolute atomic E-state index is 1.11. The van der Waals surface area contributed by atoms with Crippen molar-refractivity contribution in [3.63, 3.8) is 0 Å². The van der Waals surface area contributed by atoms with Crippen LogP contribution >= 0.6 is 11.5 Å². The summed E-state index contributed by atoms with van der Waals surface area (Å²) in [6.45, 7) is 0. The lowest BCUT2D eigenvalue weighted by Crippen LogP contribution is -1.87. The summed E-state index contributed by atoms with van der Waals surface area (Å²) in [4.78, 5) is 1.11. The van der Waals surface area contributed by atoms with Gasteiger partial charge in [0.05, 0.1) is 0 Å². The third-order valence-corrected chi connectivity index (χ3v) is 2.68. The molecule has 0 saturated carbocycles. The first-order valence-corrected chi connectivity index (χ1v) is 4.41. The lowest BCUT2D eigenvalue weighted by Gasteiger charge is -1.97. The number of aromatic nitrogens is 3. The van der Waals surface area contributed by atoms with Gasteiger partial charge in [-0.1, -0.05) is 22.7 Å². The highest BCUT2D eigenvalue weighted by Gasteiger charge is 2.07. The maximum atomic E-state index is 3.93. The van der Waals surface area contributed by atoms with Crippen LogP contribution in [0.2, 0.25) is 0 Å². The Morgan fingerprint density at radius 1 is 1.25 bits per heavy atom. The molecule has 0 saturated heterocycles. The average Bonchev–Trinajstić information content (AvgIpc) is 2.71. The summed E-state index contributed by atoms with van der Waals surface area (Å²) < 4.78 is 5.68. The van der Waals surface area contributed by atoms with E-state index in [1.54, 1.807) is 4.52 Å². The van der Waals surface area contributed by atoms with Crippen LogP contribution in [0.3, 0.4) is 0 Å². The van der Waals surface area contributed by atoms with Crippen molar-refractivity contribution in [2.75, 3.05) is 0 Å². The Morgan fingerprint density at radius 3 is 3.25 bits per heavy atom. The second kappa shape index (κ2) is 2.04. The normalized spacial score (nSPS) is 11.3. The molecule has 0 amide bonds. The van der Waals surface area contributed by atoms with E-state index in [0.717, 1.165) is 4.83 Å². The van der Waals surface area contributed by atoms with Crippen LogP contribution in [-0.2, 0) is 0 Å². The third-order valence-electron chi connectivity index (χ3n) is 1.94. The van der Waals surface area contributed by atoms with E-state index in [1.807, 2.05) is 18.3 Å². The Balaban J connectivity index is 2.61. The largest absolute Gasteiger partial charge is 0.209 e. The van der Waals surface area contributed by atoms with Crippen molar-refractivity contribution in [3.8, 4) is 11.1 Å². The standard InChI is InChI=1S/C8H5N3S/c1-2-6-4-5-11-8(7(6)3-1)12-10-9-11/h1-5H. The molecule has 0 N–H and O–H groups in total. The van der Waals surface area contributed by atoms with Gasteiger partial charge in [0.25, 0.3) is 0 Å². The molecule has 0 fully saturated rings. The zero-order valence-corrected chi connectivity index (χ0v) is 6.95. The van der Waals surface area contributed by atoms with Crippen molar-refractivity contribution in [1.82, 2.24) is 14.2 Å². The van der Waals surface area contributed by atoms with E-state index in [9.17, 15) is 0 Å². The number of pyridine rings is 1. The van der Waals surface area contributed by atoms with E-state index >= 15 is 0 Å². The molecule has 0 radical (unpaired) electrons. The van der Waals surface area contributed by atoms with Crippen LogP contribution in [-0.4, -0.2) is 14.2 Å². The number of hydrogen-bond acceptors (Lipinski definition) is 3. The fraction of sp³-hybridized carbons (Fsp3) is 0. The van der Waals surface area contributed by atoms with Crippen molar-refractivity contribution < 1.29 is 0 Å². The molecule has 0 aromatic carbocycles. The van der Waals surface area contributed by atoms with Gasteiger partial charge in [-0.15, -0.1) is 0 Å². The summed E-state index contributed by atoms with van der Waals surface area (Å²) >= 11 is 1.42. The summed E-state index contributed by atoms with van der Waals surface area (Å²) in [6, 6.07) is 8.27. The number of hydrogen-bond donors (Lipinski definition) is 0. The Bertz CT molecular complexity index is 496. The Morgan fingerprint density at radius 2 is 2.25 bits per heavy atom. The highest BCUT2D eigenvalue weighted by atomic mass is 32.1. The number of fused-ring (bicyclic) bond motifs is 3. The summed E-state index contributed by atoms with van der Waals surface area (Å²) in [5.41, 5.74) is 2.48. The topological polar surface area (TPSA) is 30.2 Å². The van der Waals surface area contributed by atoms with Gasteiger partial charge < -0.3 is 0 Å². The molecule has 12 heavy (non-hydrogen) atoms. The fourth-order valence-electron chi connectivity index (χ4n) is 1.37. The second-order valence-corrected chi connectivity index (χ2v) is 3.36. The van der Waals surface area contributed by atoms with Crippen LogP contribution < -0.4 is 0 Å². The molecule has 2 heterocycles. The Kier molecular flexibility index (Phi) is 1.04. The maximum absolute atomic E-state index is 3.93. The van der Waals surface area contributed by atoms with Gasteiger partial charge in [0, 0.05) is 23.3 Å². The molecule has 0 bridgehead atoms. The lowest BCUT2D eigenvalue weighted by atomic mass is 10.2. The fourth-order valence-corrected chi connectivity index (χ4v) is 2.03. The smallest absolute Gasteiger partial charge is 0.147 e. The van der Waals surface area contributed by atoms with Gasteiger partial charge in [0.2, 0.25) is 0 Å². The van der Waals surface area contributed by atoms with E-state index in [4.69, 9.17) is 0 Å². The maximum Gasteiger partial charge on any atom is 0.147 e. The zero-order valence-electron chi connectivity index (χ0n) is 6.14. The predicted molar refractivity (Wildman–Crippen MR) is 47.5 cm³/mol. The molecule has 4 heteroatoms. The summed E-state index contributed by atoms with van der Waals surface area (Å²) in [5, 5.41) is 3.93. The van der Waals surface area contributed by atoms with E-state index in [2.05, 4.69) is 21.8 Å². The van der Waals surface area contributed by atoms with E-state index in [1.165, 1.54) is 22.7 Å². The summed E-state index contributed by atoms with van der Waals surface area (Å²) in [5.74, 6) is 0. The minimum atomic E-state index is 1.11. The Hall–Kier alpha value is -1.42. The van der Waals surface area contributed by atoms with Crippen LogP contribution in [0, 0.1) is 0 Å². The summed E-state index contributed by atoms with van der Waals surface area (Å²) in [7, 11) is 0. The third kappa shape index (κ3) is 0.648. The Labute approximate surface area is 72.7 Å². The lowest BCUT2D eigenvalue weighted by molar-refractivity contribution is 0.868. The molecular weight excluding hydrogens is 170 g/mol. The first-order valence-electron chi connectivity index (χ1n) is 3.63. The molecule has 3 rings (SSSR count). The van der Waals surface area contributed by atoms with Gasteiger partial charge in [-0.2, -0.15) is 0 Å². The molecule has 58 valence electrons. The van der Waals surface area contributed by atoms with Crippen LogP contribution in [0.5, 0.6) is 0 Å². The molecule has 1 aliphatic heterocycles. The van der Waals surface area contributed by atoms with Crippen molar-refractivity contribution in [2.45, 2.75) is 0 Å². The summed E-state index contributed by atoms with van der Waals surface area (Å²) in [6.07, 6.45) is 1.93. The van der Waals surface area contributed by atoms with Crippen LogP contribution in [0.25, 0.3) is 16.0 Å². The average molecular weight is 175 g/mol. The molecule has 0 spiro atoms. The van der Waals surface area contributed by atoms with E-state index in [-0.39, 0.29) is 0 Å². The van der Waals surface area contributed by atoms with Crippen molar-refractivity contribution in [2.24, 2.45) is 0 Å². The SMILES string of the molecule is c1cc2ccn3nnsc3c-2c1. The first kappa shape index (κ1) is 6.14. The first-order chi connectivity index (χ1) is 5.95. The van der Waals surface area contributed by atoms with Crippen molar-refractivity contribution in [1.29, 1.82) is 0 Å². The molecule has 1 aliphatic carbocycles.